The highest BCUT2D eigenvalue weighted by Crippen LogP contribution is 2.60. The van der Waals surface area contributed by atoms with Gasteiger partial charge in [-0.05, 0) is 42.3 Å². The van der Waals surface area contributed by atoms with E-state index in [1.54, 1.807) is 25.7 Å². The summed E-state index contributed by atoms with van der Waals surface area (Å²) in [5, 5.41) is 1.09. The topological polar surface area (TPSA) is 0 Å². The van der Waals surface area contributed by atoms with Gasteiger partial charge in [0.25, 0.3) is 0 Å². The summed E-state index contributed by atoms with van der Waals surface area (Å²) in [6.45, 7) is 10.5. The van der Waals surface area contributed by atoms with Gasteiger partial charge in [0, 0.05) is 0 Å². The zero-order valence-electron chi connectivity index (χ0n) is 13.8. The van der Waals surface area contributed by atoms with E-state index in [0.717, 1.165) is 16.6 Å². The Morgan fingerprint density at radius 1 is 0.737 bits per heavy atom. The quantitative estimate of drug-likeness (QED) is 0.416. The number of hydrogen-bond donors (Lipinski definition) is 0. The molecular formula is C17H35PSi. The maximum atomic E-state index is 2.65. The summed E-state index contributed by atoms with van der Waals surface area (Å²) >= 11 is 0. The van der Waals surface area contributed by atoms with Crippen molar-refractivity contribution in [3.05, 3.63) is 0 Å². The van der Waals surface area contributed by atoms with Gasteiger partial charge in [-0.15, -0.1) is 7.92 Å². The molecule has 2 saturated carbocycles. The van der Waals surface area contributed by atoms with Crippen LogP contribution >= 0.6 is 7.92 Å². The van der Waals surface area contributed by atoms with Gasteiger partial charge in [-0.25, -0.2) is 0 Å². The SMILES string of the molecule is CC(P(C1CCCCC1)C1CCCCC1)[Si](C)(C)C. The summed E-state index contributed by atoms with van der Waals surface area (Å²) in [5.74, 6) is 0. The molecule has 0 amide bonds. The minimum atomic E-state index is -0.963. The standard InChI is InChI=1S/C17H35PSi/c1-15(19(2,3)4)18(16-11-7-5-8-12-16)17-13-9-6-10-14-17/h15-17H,5-14H2,1-4H3. The predicted octanol–water partition coefficient (Wildman–Crippen LogP) is 6.40. The van der Waals surface area contributed by atoms with E-state index in [4.69, 9.17) is 0 Å². The minimum absolute atomic E-state index is 0.315. The van der Waals surface area contributed by atoms with Crippen molar-refractivity contribution in [3.8, 4) is 0 Å². The van der Waals surface area contributed by atoms with Crippen molar-refractivity contribution in [1.29, 1.82) is 0 Å². The molecular weight excluding hydrogens is 263 g/mol. The molecule has 112 valence electrons. The molecule has 19 heavy (non-hydrogen) atoms. The smallest absolute Gasteiger partial charge is 0.0516 e. The van der Waals surface area contributed by atoms with E-state index in [1.807, 2.05) is 0 Å². The molecule has 2 rings (SSSR count). The Labute approximate surface area is 123 Å². The van der Waals surface area contributed by atoms with Crippen molar-refractivity contribution in [2.75, 3.05) is 0 Å². The van der Waals surface area contributed by atoms with E-state index in [0.29, 0.717) is 7.92 Å². The van der Waals surface area contributed by atoms with Crippen LogP contribution in [0, 0.1) is 0 Å². The third-order valence-corrected chi connectivity index (χ3v) is 15.0. The third kappa shape index (κ3) is 4.30. The first-order chi connectivity index (χ1) is 9.00. The van der Waals surface area contributed by atoms with Crippen molar-refractivity contribution in [2.24, 2.45) is 0 Å². The van der Waals surface area contributed by atoms with Crippen LogP contribution in [0.5, 0.6) is 0 Å². The van der Waals surface area contributed by atoms with E-state index in [-0.39, 0.29) is 0 Å². The third-order valence-electron chi connectivity index (χ3n) is 5.69. The van der Waals surface area contributed by atoms with E-state index >= 15 is 0 Å². The summed E-state index contributed by atoms with van der Waals surface area (Å²) in [7, 11) is -0.647. The van der Waals surface area contributed by atoms with E-state index in [1.165, 1.54) is 38.5 Å². The first-order valence-corrected chi connectivity index (χ1v) is 13.9. The maximum absolute atomic E-state index is 2.65. The van der Waals surface area contributed by atoms with Gasteiger partial charge in [0.05, 0.1) is 8.07 Å². The maximum Gasteiger partial charge on any atom is 0.0516 e. The lowest BCUT2D eigenvalue weighted by molar-refractivity contribution is 0.483. The molecule has 0 spiro atoms. The summed E-state index contributed by atoms with van der Waals surface area (Å²) in [6.07, 6.45) is 15.5. The second-order valence-corrected chi connectivity index (χ2v) is 17.3. The van der Waals surface area contributed by atoms with Gasteiger partial charge < -0.3 is 0 Å². The van der Waals surface area contributed by atoms with Crippen molar-refractivity contribution in [2.45, 2.75) is 107 Å². The Morgan fingerprint density at radius 2 is 1.11 bits per heavy atom. The lowest BCUT2D eigenvalue weighted by Gasteiger charge is -2.45. The highest BCUT2D eigenvalue weighted by atomic mass is 31.1. The monoisotopic (exact) mass is 298 g/mol. The van der Waals surface area contributed by atoms with Gasteiger partial charge in [0.2, 0.25) is 0 Å². The van der Waals surface area contributed by atoms with E-state index in [2.05, 4.69) is 26.6 Å². The van der Waals surface area contributed by atoms with Crippen LogP contribution in [0.4, 0.5) is 0 Å². The molecule has 0 nitrogen and oxygen atoms in total. The minimum Gasteiger partial charge on any atom is -0.100 e. The fraction of sp³-hybridized carbons (Fsp3) is 1.00. The molecule has 2 aliphatic rings. The normalized spacial score (nSPS) is 25.7. The van der Waals surface area contributed by atoms with Crippen LogP contribution in [0.2, 0.25) is 19.6 Å². The Balaban J connectivity index is 2.11. The summed E-state index contributed by atoms with van der Waals surface area (Å²) in [6, 6.07) is 0. The molecule has 0 N–H and O–H groups in total. The average molecular weight is 299 g/mol. The molecule has 0 aliphatic heterocycles. The van der Waals surface area contributed by atoms with E-state index in [9.17, 15) is 0 Å². The zero-order chi connectivity index (χ0) is 13.9. The molecule has 2 heteroatoms. The largest absolute Gasteiger partial charge is 0.100 e. The van der Waals surface area contributed by atoms with Crippen molar-refractivity contribution >= 4 is 16.0 Å². The van der Waals surface area contributed by atoms with Crippen molar-refractivity contribution < 1.29 is 0 Å². The highest BCUT2D eigenvalue weighted by molar-refractivity contribution is 7.62. The molecule has 0 radical (unpaired) electrons. The fourth-order valence-electron chi connectivity index (χ4n) is 4.14. The lowest BCUT2D eigenvalue weighted by Crippen LogP contribution is -2.39. The molecule has 1 atom stereocenters. The van der Waals surface area contributed by atoms with Crippen molar-refractivity contribution in [1.82, 2.24) is 0 Å². The van der Waals surface area contributed by atoms with E-state index < -0.39 is 8.07 Å². The molecule has 0 heterocycles. The zero-order valence-corrected chi connectivity index (χ0v) is 15.6. The number of rotatable bonds is 4. The summed E-state index contributed by atoms with van der Waals surface area (Å²) in [4.78, 5) is 0. The summed E-state index contributed by atoms with van der Waals surface area (Å²) in [5.41, 5.74) is 2.29. The van der Waals surface area contributed by atoms with Crippen LogP contribution in [0.25, 0.3) is 0 Å². The Bertz CT molecular complexity index is 241. The molecule has 0 aromatic rings. The van der Waals surface area contributed by atoms with Crippen LogP contribution in [0.15, 0.2) is 0 Å². The second-order valence-electron chi connectivity index (χ2n) is 8.07. The van der Waals surface area contributed by atoms with Gasteiger partial charge in [-0.2, -0.15) is 0 Å². The lowest BCUT2D eigenvalue weighted by atomic mass is 9.99. The molecule has 0 bridgehead atoms. The molecule has 2 fully saturated rings. The van der Waals surface area contributed by atoms with Gasteiger partial charge in [-0.1, -0.05) is 65.1 Å². The Kier molecular flexibility index (Phi) is 5.97. The van der Waals surface area contributed by atoms with Gasteiger partial charge in [0.15, 0.2) is 0 Å². The van der Waals surface area contributed by atoms with Crippen LogP contribution in [0.3, 0.4) is 0 Å². The van der Waals surface area contributed by atoms with Gasteiger partial charge >= 0.3 is 0 Å². The van der Waals surface area contributed by atoms with Crippen LogP contribution in [-0.2, 0) is 0 Å². The predicted molar refractivity (Wildman–Crippen MR) is 93.5 cm³/mol. The molecule has 0 aromatic heterocycles. The Hall–Kier alpha value is 0.647. The van der Waals surface area contributed by atoms with Crippen LogP contribution < -0.4 is 0 Å². The first kappa shape index (κ1) is 16.0. The van der Waals surface area contributed by atoms with Crippen LogP contribution in [0.1, 0.15) is 71.1 Å². The fourth-order valence-corrected chi connectivity index (χ4v) is 12.8. The van der Waals surface area contributed by atoms with Crippen molar-refractivity contribution in [3.63, 3.8) is 0 Å². The first-order valence-electron chi connectivity index (χ1n) is 8.77. The van der Waals surface area contributed by atoms with Crippen LogP contribution in [-0.4, -0.2) is 24.7 Å². The van der Waals surface area contributed by atoms with Gasteiger partial charge in [0.1, 0.15) is 0 Å². The summed E-state index contributed by atoms with van der Waals surface area (Å²) < 4.78 is 0. The number of hydrogen-bond acceptors (Lipinski definition) is 0. The molecule has 0 aromatic carbocycles. The van der Waals surface area contributed by atoms with Gasteiger partial charge in [-0.3, -0.25) is 0 Å². The molecule has 2 aliphatic carbocycles. The molecule has 0 saturated heterocycles. The Morgan fingerprint density at radius 3 is 1.42 bits per heavy atom. The highest BCUT2D eigenvalue weighted by Gasteiger charge is 2.39. The second kappa shape index (κ2) is 7.08. The average Bonchev–Trinajstić information content (AvgIpc) is 2.40. The molecule has 1 unspecified atom stereocenters.